The zero-order valence-electron chi connectivity index (χ0n) is 14.9. The molecular formula is C22H23NO2S. The van der Waals surface area contributed by atoms with Crippen molar-refractivity contribution in [1.82, 2.24) is 4.90 Å². The lowest BCUT2D eigenvalue weighted by Gasteiger charge is -2.38. The smallest absolute Gasteiger partial charge is 0.307 e. The molecule has 1 saturated heterocycles. The lowest BCUT2D eigenvalue weighted by molar-refractivity contribution is -0.143. The van der Waals surface area contributed by atoms with E-state index in [1.54, 1.807) is 11.3 Å². The number of aryl methyl sites for hydroxylation is 1. The largest absolute Gasteiger partial charge is 0.481 e. The van der Waals surface area contributed by atoms with E-state index in [9.17, 15) is 9.90 Å². The average molecular weight is 365 g/mol. The molecule has 1 aliphatic rings. The fourth-order valence-electron chi connectivity index (χ4n) is 4.11. The molecule has 0 bridgehead atoms. The van der Waals surface area contributed by atoms with E-state index in [0.29, 0.717) is 6.54 Å². The lowest BCUT2D eigenvalue weighted by atomic mass is 9.89. The highest BCUT2D eigenvalue weighted by Gasteiger charge is 2.32. The van der Waals surface area contributed by atoms with Crippen molar-refractivity contribution in [2.75, 3.05) is 13.1 Å². The Hall–Kier alpha value is -2.17. The summed E-state index contributed by atoms with van der Waals surface area (Å²) in [5, 5.41) is 13.1. The van der Waals surface area contributed by atoms with Gasteiger partial charge in [-0.15, -0.1) is 11.3 Å². The minimum atomic E-state index is -0.673. The molecule has 2 aromatic carbocycles. The van der Waals surface area contributed by atoms with Crippen LogP contribution in [-0.4, -0.2) is 29.1 Å². The molecule has 2 heterocycles. The van der Waals surface area contributed by atoms with Crippen molar-refractivity contribution in [3.8, 4) is 0 Å². The zero-order chi connectivity index (χ0) is 18.1. The molecule has 3 nitrogen and oxygen atoms in total. The molecule has 26 heavy (non-hydrogen) atoms. The summed E-state index contributed by atoms with van der Waals surface area (Å²) in [6, 6.07) is 17.1. The number of fused-ring (bicyclic) bond motifs is 1. The molecule has 2 unspecified atom stereocenters. The van der Waals surface area contributed by atoms with Gasteiger partial charge in [0.2, 0.25) is 0 Å². The van der Waals surface area contributed by atoms with E-state index >= 15 is 0 Å². The Morgan fingerprint density at radius 3 is 2.73 bits per heavy atom. The Labute approximate surface area is 157 Å². The molecule has 1 aliphatic heterocycles. The number of thiophene rings is 1. The molecule has 134 valence electrons. The van der Waals surface area contributed by atoms with Crippen LogP contribution in [0.1, 0.15) is 35.6 Å². The van der Waals surface area contributed by atoms with Gasteiger partial charge in [-0.2, -0.15) is 0 Å². The van der Waals surface area contributed by atoms with E-state index < -0.39 is 5.97 Å². The number of aliphatic carboxylic acids is 1. The maximum Gasteiger partial charge on any atom is 0.307 e. The molecule has 0 saturated carbocycles. The van der Waals surface area contributed by atoms with Gasteiger partial charge in [0.1, 0.15) is 0 Å². The summed E-state index contributed by atoms with van der Waals surface area (Å²) in [5.41, 5.74) is 3.83. The summed E-state index contributed by atoms with van der Waals surface area (Å²) >= 11 is 1.77. The summed E-state index contributed by atoms with van der Waals surface area (Å²) in [4.78, 5) is 14.0. The number of nitrogens with zero attached hydrogens (tertiary/aromatic N) is 1. The molecule has 0 aliphatic carbocycles. The van der Waals surface area contributed by atoms with Gasteiger partial charge in [0.25, 0.3) is 0 Å². The van der Waals surface area contributed by atoms with Crippen LogP contribution in [-0.2, 0) is 4.79 Å². The first kappa shape index (κ1) is 17.3. The predicted octanol–water partition coefficient (Wildman–Crippen LogP) is 5.10. The van der Waals surface area contributed by atoms with Gasteiger partial charge in [0.15, 0.2) is 0 Å². The first-order valence-corrected chi connectivity index (χ1v) is 10.0. The van der Waals surface area contributed by atoms with Gasteiger partial charge < -0.3 is 5.11 Å². The third kappa shape index (κ3) is 3.15. The average Bonchev–Trinajstić information content (AvgIpc) is 3.08. The first-order chi connectivity index (χ1) is 12.6. The Morgan fingerprint density at radius 1 is 1.15 bits per heavy atom. The van der Waals surface area contributed by atoms with Gasteiger partial charge in [0.05, 0.1) is 12.0 Å². The second-order valence-corrected chi connectivity index (χ2v) is 8.03. The standard InChI is InChI=1S/C22H23NO2S/c1-15-7-2-3-9-17(15)21(23-12-6-8-16(13-23)22(24)25)19-14-26-20-11-5-4-10-18(19)20/h2-5,7,9-11,14,16,21H,6,8,12-13H2,1H3,(H,24,25). The van der Waals surface area contributed by atoms with E-state index in [1.807, 2.05) is 0 Å². The molecule has 0 spiro atoms. The number of benzene rings is 2. The van der Waals surface area contributed by atoms with Crippen molar-refractivity contribution in [2.45, 2.75) is 25.8 Å². The Morgan fingerprint density at radius 2 is 1.92 bits per heavy atom. The van der Waals surface area contributed by atoms with Crippen LogP contribution < -0.4 is 0 Å². The van der Waals surface area contributed by atoms with Crippen LogP contribution in [0.3, 0.4) is 0 Å². The van der Waals surface area contributed by atoms with Gasteiger partial charge in [-0.3, -0.25) is 9.69 Å². The predicted molar refractivity (Wildman–Crippen MR) is 107 cm³/mol. The number of piperidine rings is 1. The number of likely N-dealkylation sites (tertiary alicyclic amines) is 1. The fourth-order valence-corrected chi connectivity index (χ4v) is 5.09. The zero-order valence-corrected chi connectivity index (χ0v) is 15.7. The van der Waals surface area contributed by atoms with Crippen molar-refractivity contribution < 1.29 is 9.90 Å². The number of carboxylic acid groups (broad SMARTS) is 1. The molecule has 4 heteroatoms. The molecule has 0 radical (unpaired) electrons. The normalized spacial score (nSPS) is 19.5. The van der Waals surface area contributed by atoms with E-state index in [2.05, 4.69) is 65.7 Å². The van der Waals surface area contributed by atoms with Crippen molar-refractivity contribution in [2.24, 2.45) is 5.92 Å². The summed E-state index contributed by atoms with van der Waals surface area (Å²) in [6.07, 6.45) is 1.71. The molecule has 1 N–H and O–H groups in total. The third-order valence-corrected chi connectivity index (χ3v) is 6.44. The van der Waals surface area contributed by atoms with Gasteiger partial charge in [0, 0.05) is 11.2 Å². The number of hydrogen-bond donors (Lipinski definition) is 1. The molecule has 0 amide bonds. The topological polar surface area (TPSA) is 40.5 Å². The molecule has 2 atom stereocenters. The van der Waals surface area contributed by atoms with Crippen LogP contribution in [0.2, 0.25) is 0 Å². The van der Waals surface area contributed by atoms with Crippen LogP contribution in [0.4, 0.5) is 0 Å². The Balaban J connectivity index is 1.82. The Bertz CT molecular complexity index is 933. The summed E-state index contributed by atoms with van der Waals surface area (Å²) in [7, 11) is 0. The maximum absolute atomic E-state index is 11.6. The Kier molecular flexibility index (Phi) is 4.79. The SMILES string of the molecule is Cc1ccccc1C(c1csc2ccccc12)N1CCCC(C(=O)O)C1. The van der Waals surface area contributed by atoms with Crippen molar-refractivity contribution in [3.05, 3.63) is 70.6 Å². The highest BCUT2D eigenvalue weighted by Crippen LogP contribution is 2.39. The van der Waals surface area contributed by atoms with Crippen LogP contribution in [0.15, 0.2) is 53.9 Å². The van der Waals surface area contributed by atoms with E-state index in [4.69, 9.17) is 0 Å². The first-order valence-electron chi connectivity index (χ1n) is 9.13. The molecule has 4 rings (SSSR count). The van der Waals surface area contributed by atoms with Crippen molar-refractivity contribution in [1.29, 1.82) is 0 Å². The van der Waals surface area contributed by atoms with Gasteiger partial charge >= 0.3 is 5.97 Å². The molecule has 3 aromatic rings. The maximum atomic E-state index is 11.6. The molecular weight excluding hydrogens is 342 g/mol. The van der Waals surface area contributed by atoms with Crippen LogP contribution in [0.25, 0.3) is 10.1 Å². The third-order valence-electron chi connectivity index (χ3n) is 5.46. The van der Waals surface area contributed by atoms with Crippen LogP contribution in [0, 0.1) is 12.8 Å². The summed E-state index contributed by atoms with van der Waals surface area (Å²) in [5.74, 6) is -0.950. The molecule has 1 aromatic heterocycles. The number of rotatable bonds is 4. The molecule has 1 fully saturated rings. The number of carboxylic acids is 1. The van der Waals surface area contributed by atoms with Crippen molar-refractivity contribution >= 4 is 27.4 Å². The van der Waals surface area contributed by atoms with Crippen molar-refractivity contribution in [3.63, 3.8) is 0 Å². The second-order valence-electron chi connectivity index (χ2n) is 7.12. The lowest BCUT2D eigenvalue weighted by Crippen LogP contribution is -2.41. The van der Waals surface area contributed by atoms with Gasteiger partial charge in [-0.05, 0) is 59.8 Å². The van der Waals surface area contributed by atoms with E-state index in [0.717, 1.165) is 19.4 Å². The van der Waals surface area contributed by atoms with Gasteiger partial charge in [-0.1, -0.05) is 42.5 Å². The fraction of sp³-hybridized carbons (Fsp3) is 0.318. The highest BCUT2D eigenvalue weighted by atomic mass is 32.1. The van der Waals surface area contributed by atoms with Crippen LogP contribution in [0.5, 0.6) is 0 Å². The monoisotopic (exact) mass is 365 g/mol. The second kappa shape index (κ2) is 7.22. The summed E-state index contributed by atoms with van der Waals surface area (Å²) in [6.45, 7) is 3.70. The van der Waals surface area contributed by atoms with Gasteiger partial charge in [-0.25, -0.2) is 0 Å². The minimum Gasteiger partial charge on any atom is -0.481 e. The quantitative estimate of drug-likeness (QED) is 0.699. The van der Waals surface area contributed by atoms with Crippen LogP contribution >= 0.6 is 11.3 Å². The van der Waals surface area contributed by atoms with E-state index in [1.165, 1.54) is 26.8 Å². The number of carbonyl (C=O) groups is 1. The summed E-state index contributed by atoms with van der Waals surface area (Å²) < 4.78 is 1.29. The number of hydrogen-bond acceptors (Lipinski definition) is 3. The minimum absolute atomic E-state index is 0.106. The van der Waals surface area contributed by atoms with E-state index in [-0.39, 0.29) is 12.0 Å². The highest BCUT2D eigenvalue weighted by molar-refractivity contribution is 7.17.